The summed E-state index contributed by atoms with van der Waals surface area (Å²) in [6.07, 6.45) is 0. The first-order valence-electron chi connectivity index (χ1n) is 6.54. The van der Waals surface area contributed by atoms with Crippen molar-refractivity contribution in [3.63, 3.8) is 0 Å². The average molecular weight is 407 g/mol. The second kappa shape index (κ2) is 9.59. The van der Waals surface area contributed by atoms with Gasteiger partial charge in [0.05, 0.1) is 16.6 Å². The van der Waals surface area contributed by atoms with Crippen LogP contribution < -0.4 is 16.8 Å². The van der Waals surface area contributed by atoms with E-state index in [2.05, 4.69) is 15.3 Å². The maximum atomic E-state index is 5.94. The molecule has 0 unspecified atom stereocenters. The number of guanidine groups is 2. The van der Waals surface area contributed by atoms with Crippen molar-refractivity contribution in [3.8, 4) is 0 Å². The standard InChI is InChI=1S/C15H14Cl3N5.ClH/c16-10-2-4-11(5-3-10)22-15(20)23-14(19)21-8-9-1-6-12(17)13(18)7-9;/h1-7H,8H2,(H5,19,20,21,22,23);1H. The summed E-state index contributed by atoms with van der Waals surface area (Å²) >= 11 is 17.6. The van der Waals surface area contributed by atoms with Gasteiger partial charge in [-0.25, -0.2) is 4.99 Å². The van der Waals surface area contributed by atoms with Gasteiger partial charge in [0.15, 0.2) is 0 Å². The van der Waals surface area contributed by atoms with Crippen molar-refractivity contribution >= 4 is 64.8 Å². The summed E-state index contributed by atoms with van der Waals surface area (Å²) in [5.41, 5.74) is 13.1. The lowest BCUT2D eigenvalue weighted by molar-refractivity contribution is 1.05. The minimum Gasteiger partial charge on any atom is -0.369 e. The lowest BCUT2D eigenvalue weighted by atomic mass is 10.2. The van der Waals surface area contributed by atoms with Crippen molar-refractivity contribution in [2.45, 2.75) is 6.54 Å². The number of anilines is 1. The van der Waals surface area contributed by atoms with E-state index in [9.17, 15) is 0 Å². The molecule has 9 heteroatoms. The van der Waals surface area contributed by atoms with Crippen molar-refractivity contribution in [2.24, 2.45) is 21.5 Å². The molecule has 0 aliphatic rings. The molecule has 0 bridgehead atoms. The predicted molar refractivity (Wildman–Crippen MR) is 106 cm³/mol. The minimum atomic E-state index is 0. The van der Waals surface area contributed by atoms with E-state index in [4.69, 9.17) is 46.3 Å². The van der Waals surface area contributed by atoms with E-state index in [1.54, 1.807) is 36.4 Å². The zero-order chi connectivity index (χ0) is 16.8. The molecule has 0 aromatic heterocycles. The zero-order valence-corrected chi connectivity index (χ0v) is 15.4. The molecule has 24 heavy (non-hydrogen) atoms. The van der Waals surface area contributed by atoms with Crippen LogP contribution in [0.1, 0.15) is 5.56 Å². The van der Waals surface area contributed by atoms with Gasteiger partial charge in [-0.2, -0.15) is 4.99 Å². The second-order valence-electron chi connectivity index (χ2n) is 4.55. The average Bonchev–Trinajstić information content (AvgIpc) is 2.51. The molecular formula is C15H15Cl4N5. The first kappa shape index (κ1) is 20.4. The van der Waals surface area contributed by atoms with Crippen LogP contribution in [-0.4, -0.2) is 11.9 Å². The van der Waals surface area contributed by atoms with Crippen molar-refractivity contribution in [2.75, 3.05) is 5.32 Å². The number of hydrogen-bond acceptors (Lipinski definition) is 1. The van der Waals surface area contributed by atoms with E-state index in [1.165, 1.54) is 0 Å². The Morgan fingerprint density at radius 3 is 2.25 bits per heavy atom. The van der Waals surface area contributed by atoms with Crippen LogP contribution in [0.2, 0.25) is 15.1 Å². The van der Waals surface area contributed by atoms with Gasteiger partial charge in [-0.15, -0.1) is 12.4 Å². The molecule has 2 rings (SSSR count). The molecule has 0 saturated heterocycles. The van der Waals surface area contributed by atoms with E-state index in [0.29, 0.717) is 21.6 Å². The second-order valence-corrected chi connectivity index (χ2v) is 5.80. The maximum Gasteiger partial charge on any atom is 0.218 e. The number of halogens is 4. The lowest BCUT2D eigenvalue weighted by Crippen LogP contribution is -2.26. The molecule has 5 nitrogen and oxygen atoms in total. The Balaban J connectivity index is 0.00000288. The minimum absolute atomic E-state index is 0. The van der Waals surface area contributed by atoms with Crippen LogP contribution in [0.4, 0.5) is 5.69 Å². The highest BCUT2D eigenvalue weighted by molar-refractivity contribution is 6.42. The number of nitrogens with one attached hydrogen (secondary N) is 1. The Morgan fingerprint density at radius 1 is 0.958 bits per heavy atom. The van der Waals surface area contributed by atoms with E-state index in [-0.39, 0.29) is 24.3 Å². The fourth-order valence-corrected chi connectivity index (χ4v) is 2.12. The van der Waals surface area contributed by atoms with Crippen LogP contribution in [0.15, 0.2) is 52.4 Å². The molecule has 0 atom stereocenters. The molecular weight excluding hydrogens is 392 g/mol. The number of hydrogen-bond donors (Lipinski definition) is 3. The lowest BCUT2D eigenvalue weighted by Gasteiger charge is -2.05. The zero-order valence-electron chi connectivity index (χ0n) is 12.3. The Bertz CT molecular complexity index is 744. The molecule has 2 aromatic carbocycles. The number of nitrogens with two attached hydrogens (primary N) is 2. The van der Waals surface area contributed by atoms with Crippen LogP contribution in [0.5, 0.6) is 0 Å². The smallest absolute Gasteiger partial charge is 0.218 e. The molecule has 0 spiro atoms. The summed E-state index contributed by atoms with van der Waals surface area (Å²) in [4.78, 5) is 8.09. The van der Waals surface area contributed by atoms with E-state index in [0.717, 1.165) is 11.3 Å². The summed E-state index contributed by atoms with van der Waals surface area (Å²) in [5, 5.41) is 4.47. The fraction of sp³-hybridized carbons (Fsp3) is 0.0667. The predicted octanol–water partition coefficient (Wildman–Crippen LogP) is 4.31. The number of benzene rings is 2. The third-order valence-electron chi connectivity index (χ3n) is 2.76. The quantitative estimate of drug-likeness (QED) is 0.524. The maximum absolute atomic E-state index is 5.94. The summed E-state index contributed by atoms with van der Waals surface area (Å²) < 4.78 is 0. The molecule has 0 amide bonds. The Morgan fingerprint density at radius 2 is 1.62 bits per heavy atom. The molecule has 0 heterocycles. The molecule has 0 aliphatic carbocycles. The van der Waals surface area contributed by atoms with Crippen LogP contribution in [-0.2, 0) is 6.54 Å². The van der Waals surface area contributed by atoms with Gasteiger partial charge in [0, 0.05) is 10.7 Å². The third kappa shape index (κ3) is 6.45. The highest BCUT2D eigenvalue weighted by Crippen LogP contribution is 2.22. The monoisotopic (exact) mass is 405 g/mol. The molecule has 0 radical (unpaired) electrons. The molecule has 0 aliphatic heterocycles. The van der Waals surface area contributed by atoms with Gasteiger partial charge in [-0.3, -0.25) is 0 Å². The molecule has 2 aromatic rings. The van der Waals surface area contributed by atoms with Crippen molar-refractivity contribution in [1.29, 1.82) is 0 Å². The fourth-order valence-electron chi connectivity index (χ4n) is 1.68. The summed E-state index contributed by atoms with van der Waals surface area (Å²) in [6.45, 7) is 0.320. The SMILES string of the molecule is Cl.NC(=NCc1ccc(Cl)c(Cl)c1)N=C(N)Nc1ccc(Cl)cc1. The van der Waals surface area contributed by atoms with Gasteiger partial charge in [0.2, 0.25) is 11.9 Å². The number of rotatable bonds is 3. The summed E-state index contributed by atoms with van der Waals surface area (Å²) in [5.74, 6) is 0.178. The van der Waals surface area contributed by atoms with Gasteiger partial charge in [0.1, 0.15) is 0 Å². The van der Waals surface area contributed by atoms with Crippen LogP contribution in [0.3, 0.4) is 0 Å². The molecule has 5 N–H and O–H groups in total. The molecule has 0 fully saturated rings. The highest BCUT2D eigenvalue weighted by Gasteiger charge is 2.00. The van der Waals surface area contributed by atoms with Crippen molar-refractivity contribution < 1.29 is 0 Å². The first-order chi connectivity index (χ1) is 10.9. The van der Waals surface area contributed by atoms with Gasteiger partial charge in [-0.1, -0.05) is 40.9 Å². The van der Waals surface area contributed by atoms with E-state index in [1.807, 2.05) is 6.07 Å². The summed E-state index contributed by atoms with van der Waals surface area (Å²) in [7, 11) is 0. The van der Waals surface area contributed by atoms with E-state index >= 15 is 0 Å². The Labute approximate surface area is 161 Å². The summed E-state index contributed by atoms with van der Waals surface area (Å²) in [6, 6.07) is 12.2. The Hall–Kier alpha value is -1.66. The highest BCUT2D eigenvalue weighted by atomic mass is 35.5. The van der Waals surface area contributed by atoms with Gasteiger partial charge in [0.25, 0.3) is 0 Å². The third-order valence-corrected chi connectivity index (χ3v) is 3.75. The van der Waals surface area contributed by atoms with Gasteiger partial charge < -0.3 is 16.8 Å². The first-order valence-corrected chi connectivity index (χ1v) is 7.68. The van der Waals surface area contributed by atoms with E-state index < -0.39 is 0 Å². The van der Waals surface area contributed by atoms with Crippen molar-refractivity contribution in [1.82, 2.24) is 0 Å². The number of aliphatic imine (C=N–C) groups is 2. The van der Waals surface area contributed by atoms with Gasteiger partial charge >= 0.3 is 0 Å². The van der Waals surface area contributed by atoms with Crippen LogP contribution in [0.25, 0.3) is 0 Å². The molecule has 0 saturated carbocycles. The topological polar surface area (TPSA) is 88.8 Å². The largest absolute Gasteiger partial charge is 0.369 e. The van der Waals surface area contributed by atoms with Gasteiger partial charge in [-0.05, 0) is 42.0 Å². The molecule has 128 valence electrons. The van der Waals surface area contributed by atoms with Crippen LogP contribution >= 0.6 is 47.2 Å². The Kier molecular flexibility index (Phi) is 8.15. The van der Waals surface area contributed by atoms with Crippen molar-refractivity contribution in [3.05, 3.63) is 63.1 Å². The van der Waals surface area contributed by atoms with Crippen LogP contribution in [0, 0.1) is 0 Å². The number of nitrogens with zero attached hydrogens (tertiary/aromatic N) is 2. The normalized spacial score (nSPS) is 11.8.